The maximum Gasteiger partial charge on any atom is 0.338 e. The number of anilines is 2. The summed E-state index contributed by atoms with van der Waals surface area (Å²) in [6.45, 7) is 1.85. The second kappa shape index (κ2) is 6.60. The van der Waals surface area contributed by atoms with Crippen molar-refractivity contribution in [3.05, 3.63) is 48.0 Å². The Morgan fingerprint density at radius 2 is 1.83 bits per heavy atom. The molecule has 1 saturated heterocycles. The first-order valence-electron chi connectivity index (χ1n) is 7.68. The van der Waals surface area contributed by atoms with Crippen LogP contribution in [0.1, 0.15) is 23.2 Å². The highest BCUT2D eigenvalue weighted by molar-refractivity contribution is 5.93. The van der Waals surface area contributed by atoms with Crippen LogP contribution in [0.15, 0.2) is 42.5 Å². The predicted molar refractivity (Wildman–Crippen MR) is 90.2 cm³/mol. The Balaban J connectivity index is 2.03. The Bertz CT molecular complexity index is 695. The van der Waals surface area contributed by atoms with Crippen molar-refractivity contribution in [2.75, 3.05) is 30.8 Å². The molecule has 3 rings (SSSR count). The van der Waals surface area contributed by atoms with Gasteiger partial charge in [0.25, 0.3) is 0 Å². The summed E-state index contributed by atoms with van der Waals surface area (Å²) < 4.78 is 10.8. The van der Waals surface area contributed by atoms with Gasteiger partial charge in [0.1, 0.15) is 5.75 Å². The van der Waals surface area contributed by atoms with E-state index in [1.165, 1.54) is 7.11 Å². The number of carbonyl (C=O) groups excluding carboxylic acids is 1. The van der Waals surface area contributed by atoms with Gasteiger partial charge >= 0.3 is 5.97 Å². The topological polar surface area (TPSA) is 64.8 Å². The van der Waals surface area contributed by atoms with Gasteiger partial charge < -0.3 is 20.1 Å². The van der Waals surface area contributed by atoms with Crippen molar-refractivity contribution in [3.63, 3.8) is 0 Å². The summed E-state index contributed by atoms with van der Waals surface area (Å²) in [5.74, 6) is 0.902. The average molecular weight is 312 g/mol. The number of hydrogen-bond donors (Lipinski definition) is 1. The van der Waals surface area contributed by atoms with Crippen LogP contribution in [0.25, 0.3) is 0 Å². The largest absolute Gasteiger partial charge is 0.465 e. The summed E-state index contributed by atoms with van der Waals surface area (Å²) >= 11 is 0. The van der Waals surface area contributed by atoms with Crippen molar-refractivity contribution < 1.29 is 14.3 Å². The minimum Gasteiger partial charge on any atom is -0.465 e. The molecule has 0 bridgehead atoms. The number of nitrogens with two attached hydrogens (primary N) is 1. The van der Waals surface area contributed by atoms with E-state index in [0.717, 1.165) is 31.6 Å². The molecule has 2 aromatic rings. The molecule has 1 heterocycles. The lowest BCUT2D eigenvalue weighted by molar-refractivity contribution is 0.0601. The smallest absolute Gasteiger partial charge is 0.338 e. The van der Waals surface area contributed by atoms with Gasteiger partial charge in [0.2, 0.25) is 0 Å². The minimum atomic E-state index is -0.400. The molecule has 5 nitrogen and oxygen atoms in total. The van der Waals surface area contributed by atoms with Crippen LogP contribution < -0.4 is 15.4 Å². The van der Waals surface area contributed by atoms with Gasteiger partial charge in [0, 0.05) is 13.1 Å². The zero-order chi connectivity index (χ0) is 16.2. The van der Waals surface area contributed by atoms with E-state index < -0.39 is 5.97 Å². The summed E-state index contributed by atoms with van der Waals surface area (Å²) in [5.41, 5.74) is 7.88. The molecule has 1 aliphatic rings. The quantitative estimate of drug-likeness (QED) is 0.692. The number of methoxy groups -OCH3 is 1. The molecule has 120 valence electrons. The Labute approximate surface area is 135 Å². The molecule has 1 fully saturated rings. The van der Waals surface area contributed by atoms with Crippen molar-refractivity contribution in [2.45, 2.75) is 12.8 Å². The molecule has 0 saturated carbocycles. The van der Waals surface area contributed by atoms with E-state index in [1.54, 1.807) is 12.1 Å². The van der Waals surface area contributed by atoms with E-state index in [2.05, 4.69) is 4.90 Å². The fourth-order valence-corrected chi connectivity index (χ4v) is 2.78. The first-order chi connectivity index (χ1) is 11.2. The molecule has 0 aliphatic carbocycles. The highest BCUT2D eigenvalue weighted by Crippen LogP contribution is 2.40. The van der Waals surface area contributed by atoms with E-state index in [4.69, 9.17) is 15.2 Å². The van der Waals surface area contributed by atoms with Crippen LogP contribution in [0.3, 0.4) is 0 Å². The maximum atomic E-state index is 11.9. The Morgan fingerprint density at radius 1 is 1.13 bits per heavy atom. The first-order valence-corrected chi connectivity index (χ1v) is 7.68. The maximum absolute atomic E-state index is 11.9. The molecule has 0 spiro atoms. The second-order valence-corrected chi connectivity index (χ2v) is 5.51. The third-order valence-electron chi connectivity index (χ3n) is 3.93. The minimum absolute atomic E-state index is 0.400. The number of esters is 1. The number of hydrogen-bond acceptors (Lipinski definition) is 5. The normalized spacial score (nSPS) is 13.9. The van der Waals surface area contributed by atoms with Gasteiger partial charge in [-0.25, -0.2) is 4.79 Å². The average Bonchev–Trinajstić information content (AvgIpc) is 3.11. The molecule has 0 aromatic heterocycles. The zero-order valence-corrected chi connectivity index (χ0v) is 13.1. The van der Waals surface area contributed by atoms with Gasteiger partial charge in [-0.15, -0.1) is 0 Å². The van der Waals surface area contributed by atoms with Crippen molar-refractivity contribution in [1.82, 2.24) is 0 Å². The fraction of sp³-hybridized carbons (Fsp3) is 0.278. The molecular formula is C18H20N2O3. The second-order valence-electron chi connectivity index (χ2n) is 5.51. The molecule has 23 heavy (non-hydrogen) atoms. The lowest BCUT2D eigenvalue weighted by Crippen LogP contribution is -2.19. The van der Waals surface area contributed by atoms with E-state index >= 15 is 0 Å². The standard InChI is InChI=1S/C18H20N2O3/c1-22-18(21)13-11-15(19)17(23-14-7-3-2-4-8-14)16(12-13)20-9-5-6-10-20/h2-4,7-8,11-12H,5-6,9-10,19H2,1H3. The monoisotopic (exact) mass is 312 g/mol. The molecule has 0 radical (unpaired) electrons. The van der Waals surface area contributed by atoms with Crippen molar-refractivity contribution in [2.24, 2.45) is 0 Å². The Kier molecular flexibility index (Phi) is 4.37. The van der Waals surface area contributed by atoms with Crippen LogP contribution in [0.2, 0.25) is 0 Å². The van der Waals surface area contributed by atoms with Crippen LogP contribution in [-0.2, 0) is 4.74 Å². The number of nitrogen functional groups attached to an aromatic ring is 1. The van der Waals surface area contributed by atoms with Crippen molar-refractivity contribution in [3.8, 4) is 11.5 Å². The Morgan fingerprint density at radius 3 is 2.48 bits per heavy atom. The molecular weight excluding hydrogens is 292 g/mol. The molecule has 0 atom stereocenters. The fourth-order valence-electron chi connectivity index (χ4n) is 2.78. The third-order valence-corrected chi connectivity index (χ3v) is 3.93. The van der Waals surface area contributed by atoms with Gasteiger partial charge in [-0.1, -0.05) is 18.2 Å². The van der Waals surface area contributed by atoms with E-state index in [1.807, 2.05) is 30.3 Å². The molecule has 2 aromatic carbocycles. The molecule has 0 unspecified atom stereocenters. The molecule has 1 aliphatic heterocycles. The number of nitrogens with zero attached hydrogens (tertiary/aromatic N) is 1. The first kappa shape index (κ1) is 15.2. The van der Waals surface area contributed by atoms with Gasteiger partial charge in [0.05, 0.1) is 24.0 Å². The number of carbonyl (C=O) groups is 1. The van der Waals surface area contributed by atoms with Crippen LogP contribution in [-0.4, -0.2) is 26.2 Å². The van der Waals surface area contributed by atoms with Gasteiger partial charge in [-0.05, 0) is 37.1 Å². The van der Waals surface area contributed by atoms with Crippen LogP contribution in [0.4, 0.5) is 11.4 Å². The number of rotatable bonds is 4. The predicted octanol–water partition coefficient (Wildman–Crippen LogP) is 3.45. The van der Waals surface area contributed by atoms with Gasteiger partial charge in [-0.3, -0.25) is 0 Å². The van der Waals surface area contributed by atoms with E-state index in [-0.39, 0.29) is 0 Å². The molecule has 0 amide bonds. The van der Waals surface area contributed by atoms with E-state index in [0.29, 0.717) is 22.7 Å². The summed E-state index contributed by atoms with van der Waals surface area (Å²) in [6, 6.07) is 12.9. The SMILES string of the molecule is COC(=O)c1cc(N)c(Oc2ccccc2)c(N2CCCC2)c1. The number of benzene rings is 2. The summed E-state index contributed by atoms with van der Waals surface area (Å²) in [7, 11) is 1.36. The lowest BCUT2D eigenvalue weighted by Gasteiger charge is -2.23. The third kappa shape index (κ3) is 3.23. The highest BCUT2D eigenvalue weighted by Gasteiger charge is 2.22. The number of para-hydroxylation sites is 1. The van der Waals surface area contributed by atoms with Crippen LogP contribution >= 0.6 is 0 Å². The molecule has 2 N–H and O–H groups in total. The summed E-state index contributed by atoms with van der Waals surface area (Å²) in [6.07, 6.45) is 2.24. The van der Waals surface area contributed by atoms with Crippen LogP contribution in [0, 0.1) is 0 Å². The summed E-state index contributed by atoms with van der Waals surface area (Å²) in [4.78, 5) is 14.1. The molecule has 5 heteroatoms. The summed E-state index contributed by atoms with van der Waals surface area (Å²) in [5, 5.41) is 0. The van der Waals surface area contributed by atoms with Gasteiger partial charge in [0.15, 0.2) is 5.75 Å². The van der Waals surface area contributed by atoms with Crippen molar-refractivity contribution in [1.29, 1.82) is 0 Å². The van der Waals surface area contributed by atoms with Gasteiger partial charge in [-0.2, -0.15) is 0 Å². The lowest BCUT2D eigenvalue weighted by atomic mass is 10.1. The Hall–Kier alpha value is -2.69. The zero-order valence-electron chi connectivity index (χ0n) is 13.1. The van der Waals surface area contributed by atoms with E-state index in [9.17, 15) is 4.79 Å². The van der Waals surface area contributed by atoms with Crippen LogP contribution in [0.5, 0.6) is 11.5 Å². The highest BCUT2D eigenvalue weighted by atomic mass is 16.5. The number of ether oxygens (including phenoxy) is 2. The van der Waals surface area contributed by atoms with Crippen molar-refractivity contribution >= 4 is 17.3 Å².